The number of thioether (sulfide) groups is 1. The summed E-state index contributed by atoms with van der Waals surface area (Å²) in [5, 5.41) is 11.4. The van der Waals surface area contributed by atoms with Crippen molar-refractivity contribution in [2.75, 3.05) is 32.1 Å². The van der Waals surface area contributed by atoms with E-state index in [-0.39, 0.29) is 43.8 Å². The maximum atomic E-state index is 11.9. The molecule has 0 aromatic heterocycles. The van der Waals surface area contributed by atoms with Gasteiger partial charge in [0.05, 0.1) is 19.3 Å². The van der Waals surface area contributed by atoms with Gasteiger partial charge in [-0.3, -0.25) is 4.79 Å². The number of nitrogens with zero attached hydrogens (tertiary/aromatic N) is 1. The minimum Gasteiger partial charge on any atom is -0.481 e. The van der Waals surface area contributed by atoms with Crippen LogP contribution < -0.4 is 5.32 Å². The molecule has 1 rings (SSSR count). The fourth-order valence-electron chi connectivity index (χ4n) is 2.04. The first-order chi connectivity index (χ1) is 9.76. The Hall–Kier alpha value is -1.16. The van der Waals surface area contributed by atoms with Crippen molar-refractivity contribution in [1.29, 1.82) is 0 Å². The number of aliphatic carboxylic acids is 1. The molecule has 0 aliphatic carbocycles. The summed E-state index contributed by atoms with van der Waals surface area (Å²) in [6.07, 6.45) is 0. The summed E-state index contributed by atoms with van der Waals surface area (Å²) in [5.41, 5.74) is -4.33. The number of rotatable bonds is 6. The number of urea groups is 1. The first-order valence-corrected chi connectivity index (χ1v) is 7.30. The number of halogens is 3. The molecule has 0 bridgehead atoms. The molecule has 1 aliphatic rings. The smallest absolute Gasteiger partial charge is 0.441 e. The van der Waals surface area contributed by atoms with Gasteiger partial charge in [0.25, 0.3) is 0 Å². The standard InChI is InChI=1S/C11H17F3N2O4S/c1-2-16(8-6-20-5-7(8)9(17)18)10(19)15-3-4-21-11(12,13)14/h7-8H,2-6H2,1H3,(H,15,19)(H,17,18). The second kappa shape index (κ2) is 7.74. The zero-order valence-electron chi connectivity index (χ0n) is 11.4. The lowest BCUT2D eigenvalue weighted by Gasteiger charge is -2.29. The molecule has 0 aromatic carbocycles. The van der Waals surface area contributed by atoms with Crippen LogP contribution in [-0.4, -0.2) is 65.6 Å². The normalized spacial score (nSPS) is 22.1. The molecule has 1 aliphatic heterocycles. The molecule has 2 amide bonds. The first kappa shape index (κ1) is 17.9. The molecule has 21 heavy (non-hydrogen) atoms. The topological polar surface area (TPSA) is 78.9 Å². The van der Waals surface area contributed by atoms with Gasteiger partial charge >= 0.3 is 17.5 Å². The number of likely N-dealkylation sites (N-methyl/N-ethyl adjacent to an activating group) is 1. The molecule has 6 nitrogen and oxygen atoms in total. The Morgan fingerprint density at radius 3 is 2.62 bits per heavy atom. The maximum Gasteiger partial charge on any atom is 0.441 e. The SMILES string of the molecule is CCN(C(=O)NCCSC(F)(F)F)C1COCC1C(=O)O. The van der Waals surface area contributed by atoms with E-state index in [1.165, 1.54) is 4.90 Å². The van der Waals surface area contributed by atoms with Gasteiger partial charge in [0.1, 0.15) is 5.92 Å². The Kier molecular flexibility index (Phi) is 6.59. The van der Waals surface area contributed by atoms with Gasteiger partial charge in [-0.15, -0.1) is 0 Å². The zero-order chi connectivity index (χ0) is 16.0. The summed E-state index contributed by atoms with van der Waals surface area (Å²) in [6.45, 7) is 1.89. The summed E-state index contributed by atoms with van der Waals surface area (Å²) >= 11 is -0.219. The number of alkyl halides is 3. The van der Waals surface area contributed by atoms with Gasteiger partial charge in [-0.05, 0) is 18.7 Å². The second-order valence-corrected chi connectivity index (χ2v) is 5.52. The van der Waals surface area contributed by atoms with Crippen LogP contribution in [-0.2, 0) is 9.53 Å². The van der Waals surface area contributed by atoms with E-state index in [1.54, 1.807) is 6.92 Å². The molecule has 0 spiro atoms. The number of hydrogen-bond acceptors (Lipinski definition) is 4. The van der Waals surface area contributed by atoms with Crippen LogP contribution in [0.25, 0.3) is 0 Å². The lowest BCUT2D eigenvalue weighted by Crippen LogP contribution is -2.50. The highest BCUT2D eigenvalue weighted by Crippen LogP contribution is 2.29. The molecular weight excluding hydrogens is 313 g/mol. The number of nitrogens with one attached hydrogen (secondary N) is 1. The third-order valence-corrected chi connectivity index (χ3v) is 3.75. The van der Waals surface area contributed by atoms with E-state index < -0.39 is 29.5 Å². The molecule has 122 valence electrons. The highest BCUT2D eigenvalue weighted by atomic mass is 32.2. The molecule has 0 aromatic rings. The Bertz CT molecular complexity index is 381. The van der Waals surface area contributed by atoms with Crippen LogP contribution in [0.1, 0.15) is 6.92 Å². The average Bonchev–Trinajstić information content (AvgIpc) is 2.84. The Balaban J connectivity index is 2.48. The molecule has 1 heterocycles. The summed E-state index contributed by atoms with van der Waals surface area (Å²) in [4.78, 5) is 24.3. The van der Waals surface area contributed by atoms with Crippen molar-refractivity contribution in [3.05, 3.63) is 0 Å². The zero-order valence-corrected chi connectivity index (χ0v) is 12.2. The Labute approximate surface area is 124 Å². The minimum atomic E-state index is -4.33. The van der Waals surface area contributed by atoms with E-state index >= 15 is 0 Å². The lowest BCUT2D eigenvalue weighted by atomic mass is 10.0. The monoisotopic (exact) mass is 330 g/mol. The highest BCUT2D eigenvalue weighted by Gasteiger charge is 2.39. The van der Waals surface area contributed by atoms with Gasteiger partial charge in [0, 0.05) is 18.8 Å². The van der Waals surface area contributed by atoms with Gasteiger partial charge < -0.3 is 20.1 Å². The van der Waals surface area contributed by atoms with Crippen molar-refractivity contribution >= 4 is 23.8 Å². The van der Waals surface area contributed by atoms with E-state index in [0.29, 0.717) is 0 Å². The van der Waals surface area contributed by atoms with Gasteiger partial charge in [-0.2, -0.15) is 13.2 Å². The van der Waals surface area contributed by atoms with E-state index in [4.69, 9.17) is 9.84 Å². The molecule has 10 heteroatoms. The van der Waals surface area contributed by atoms with Gasteiger partial charge in [0.15, 0.2) is 0 Å². The van der Waals surface area contributed by atoms with Gasteiger partial charge in [-0.1, -0.05) is 0 Å². The number of carbonyl (C=O) groups excluding carboxylic acids is 1. The predicted molar refractivity (Wildman–Crippen MR) is 70.0 cm³/mol. The van der Waals surface area contributed by atoms with Crippen molar-refractivity contribution in [2.24, 2.45) is 5.92 Å². The average molecular weight is 330 g/mol. The van der Waals surface area contributed by atoms with Crippen molar-refractivity contribution < 1.29 is 32.6 Å². The van der Waals surface area contributed by atoms with Crippen LogP contribution >= 0.6 is 11.8 Å². The second-order valence-electron chi connectivity index (χ2n) is 4.36. The predicted octanol–water partition coefficient (Wildman–Crippen LogP) is 1.37. The Morgan fingerprint density at radius 2 is 2.10 bits per heavy atom. The summed E-state index contributed by atoms with van der Waals surface area (Å²) in [6, 6.07) is -1.19. The Morgan fingerprint density at radius 1 is 1.43 bits per heavy atom. The number of amides is 2. The molecule has 2 unspecified atom stereocenters. The molecular formula is C11H17F3N2O4S. The van der Waals surface area contributed by atoms with Crippen molar-refractivity contribution in [3.63, 3.8) is 0 Å². The van der Waals surface area contributed by atoms with Crippen molar-refractivity contribution in [3.8, 4) is 0 Å². The van der Waals surface area contributed by atoms with Crippen LogP contribution in [0.5, 0.6) is 0 Å². The van der Waals surface area contributed by atoms with Crippen LogP contribution in [0.2, 0.25) is 0 Å². The van der Waals surface area contributed by atoms with Crippen molar-refractivity contribution in [2.45, 2.75) is 18.5 Å². The molecule has 0 saturated carbocycles. The summed E-state index contributed by atoms with van der Waals surface area (Å²) < 4.78 is 40.9. The quantitative estimate of drug-likeness (QED) is 0.719. The van der Waals surface area contributed by atoms with Gasteiger partial charge in [0.2, 0.25) is 0 Å². The molecule has 2 N–H and O–H groups in total. The fraction of sp³-hybridized carbons (Fsp3) is 0.818. The molecule has 0 radical (unpaired) electrons. The van der Waals surface area contributed by atoms with Gasteiger partial charge in [-0.25, -0.2) is 4.79 Å². The highest BCUT2D eigenvalue weighted by molar-refractivity contribution is 8.00. The van der Waals surface area contributed by atoms with E-state index in [2.05, 4.69) is 5.32 Å². The largest absolute Gasteiger partial charge is 0.481 e. The van der Waals surface area contributed by atoms with Crippen LogP contribution in [0, 0.1) is 5.92 Å². The maximum absolute atomic E-state index is 11.9. The number of ether oxygens (including phenoxy) is 1. The lowest BCUT2D eigenvalue weighted by molar-refractivity contribution is -0.142. The molecule has 2 atom stereocenters. The first-order valence-electron chi connectivity index (χ1n) is 6.32. The van der Waals surface area contributed by atoms with Crippen molar-refractivity contribution in [1.82, 2.24) is 10.2 Å². The number of carboxylic acid groups (broad SMARTS) is 1. The number of hydrogen-bond donors (Lipinski definition) is 2. The fourth-order valence-corrected chi connectivity index (χ4v) is 2.48. The number of carboxylic acids is 1. The minimum absolute atomic E-state index is 0.0215. The van der Waals surface area contributed by atoms with E-state index in [0.717, 1.165) is 0 Å². The third-order valence-electron chi connectivity index (χ3n) is 3.01. The molecule has 1 saturated heterocycles. The van der Waals surface area contributed by atoms with E-state index in [1.807, 2.05) is 0 Å². The summed E-state index contributed by atoms with van der Waals surface area (Å²) in [5.74, 6) is -2.17. The third kappa shape index (κ3) is 5.62. The number of carbonyl (C=O) groups is 2. The van der Waals surface area contributed by atoms with Crippen LogP contribution in [0.15, 0.2) is 0 Å². The summed E-state index contributed by atoms with van der Waals surface area (Å²) in [7, 11) is 0. The van der Waals surface area contributed by atoms with Crippen LogP contribution in [0.3, 0.4) is 0 Å². The molecule has 1 fully saturated rings. The van der Waals surface area contributed by atoms with E-state index in [9.17, 15) is 22.8 Å². The van der Waals surface area contributed by atoms with Crippen LogP contribution in [0.4, 0.5) is 18.0 Å².